The number of carbonyl (C=O) groups is 1. The number of hydrogen-bond acceptors (Lipinski definition) is 3. The Morgan fingerprint density at radius 1 is 1.06 bits per heavy atom. The van der Waals surface area contributed by atoms with Crippen LogP contribution in [-0.4, -0.2) is 31.6 Å². The van der Waals surface area contributed by atoms with E-state index >= 15 is 0 Å². The maximum atomic E-state index is 11.9. The third kappa shape index (κ3) is 2.26. The quantitative estimate of drug-likeness (QED) is 0.661. The van der Waals surface area contributed by atoms with Crippen LogP contribution in [0.25, 0.3) is 0 Å². The summed E-state index contributed by atoms with van der Waals surface area (Å²) < 4.78 is 28.8. The number of fused-ring (bicyclic) bond motifs is 2. The highest BCUT2D eigenvalue weighted by atomic mass is 32.2. The first-order chi connectivity index (χ1) is 8.46. The summed E-state index contributed by atoms with van der Waals surface area (Å²) in [5, 5.41) is 9.24. The number of carboxylic acids is 1. The van der Waals surface area contributed by atoms with Crippen LogP contribution in [0.3, 0.4) is 0 Å². The molecule has 0 aromatic rings. The number of rotatable bonds is 5. The van der Waals surface area contributed by atoms with Crippen molar-refractivity contribution in [2.24, 2.45) is 17.8 Å². The number of hydrogen-bond donors (Lipinski definition) is 3. The molecule has 2 bridgehead atoms. The maximum Gasteiger partial charge on any atom is 0.308 e. The van der Waals surface area contributed by atoms with Gasteiger partial charge in [0.2, 0.25) is 0 Å². The van der Waals surface area contributed by atoms with Gasteiger partial charge in [0, 0.05) is 12.1 Å². The molecule has 3 rings (SSSR count). The van der Waals surface area contributed by atoms with E-state index in [0.717, 1.165) is 32.1 Å². The average Bonchev–Trinajstić information content (AvgIpc) is 2.84. The third-order valence-corrected chi connectivity index (χ3v) is 5.62. The summed E-state index contributed by atoms with van der Waals surface area (Å²) in [4.78, 5) is 11.3. The molecule has 102 valence electrons. The zero-order chi connectivity index (χ0) is 12.9. The van der Waals surface area contributed by atoms with Crippen molar-refractivity contribution < 1.29 is 18.3 Å². The van der Waals surface area contributed by atoms with Gasteiger partial charge in [0.25, 0.3) is 10.2 Å². The Morgan fingerprint density at radius 2 is 1.72 bits per heavy atom. The van der Waals surface area contributed by atoms with Crippen LogP contribution in [0.4, 0.5) is 0 Å². The topological polar surface area (TPSA) is 95.5 Å². The van der Waals surface area contributed by atoms with Gasteiger partial charge in [0.15, 0.2) is 0 Å². The van der Waals surface area contributed by atoms with Crippen LogP contribution >= 0.6 is 0 Å². The van der Waals surface area contributed by atoms with E-state index in [0.29, 0.717) is 0 Å². The van der Waals surface area contributed by atoms with E-state index in [4.69, 9.17) is 0 Å². The predicted molar refractivity (Wildman–Crippen MR) is 64.0 cm³/mol. The normalized spacial score (nSPS) is 39.1. The zero-order valence-corrected chi connectivity index (χ0v) is 10.8. The molecule has 0 saturated heterocycles. The molecular weight excluding hydrogens is 256 g/mol. The Hall–Kier alpha value is -0.660. The number of nitrogens with one attached hydrogen (secondary N) is 2. The molecule has 7 heteroatoms. The molecule has 6 nitrogen and oxygen atoms in total. The molecule has 3 fully saturated rings. The molecular formula is C11H18N2O4S. The molecule has 3 saturated carbocycles. The number of carboxylic acid groups (broad SMARTS) is 1. The van der Waals surface area contributed by atoms with Gasteiger partial charge in [-0.25, -0.2) is 0 Å². The van der Waals surface area contributed by atoms with Gasteiger partial charge >= 0.3 is 5.97 Å². The summed E-state index contributed by atoms with van der Waals surface area (Å²) in [6.07, 6.45) is 4.44. The van der Waals surface area contributed by atoms with Crippen LogP contribution in [0.2, 0.25) is 0 Å². The van der Waals surface area contributed by atoms with Crippen molar-refractivity contribution in [1.29, 1.82) is 0 Å². The van der Waals surface area contributed by atoms with Crippen LogP contribution < -0.4 is 9.44 Å². The summed E-state index contributed by atoms with van der Waals surface area (Å²) in [5.74, 6) is -1.10. The van der Waals surface area contributed by atoms with Crippen LogP contribution in [-0.2, 0) is 15.0 Å². The van der Waals surface area contributed by atoms with Crippen LogP contribution in [0.5, 0.6) is 0 Å². The third-order valence-electron chi connectivity index (χ3n) is 4.39. The van der Waals surface area contributed by atoms with Crippen molar-refractivity contribution in [3.8, 4) is 0 Å². The average molecular weight is 274 g/mol. The number of aliphatic carboxylic acids is 1. The van der Waals surface area contributed by atoms with Gasteiger partial charge in [-0.15, -0.1) is 0 Å². The van der Waals surface area contributed by atoms with Crippen molar-refractivity contribution in [3.05, 3.63) is 0 Å². The van der Waals surface area contributed by atoms with Gasteiger partial charge in [0.1, 0.15) is 0 Å². The van der Waals surface area contributed by atoms with Crippen molar-refractivity contribution >= 4 is 16.2 Å². The Kier molecular flexibility index (Phi) is 2.87. The molecule has 0 aromatic heterocycles. The van der Waals surface area contributed by atoms with E-state index in [2.05, 4.69) is 9.44 Å². The second kappa shape index (κ2) is 4.18. The van der Waals surface area contributed by atoms with Gasteiger partial charge in [0.05, 0.1) is 5.92 Å². The van der Waals surface area contributed by atoms with Gasteiger partial charge in [-0.1, -0.05) is 0 Å². The zero-order valence-electron chi connectivity index (χ0n) is 10.0. The van der Waals surface area contributed by atoms with Gasteiger partial charge in [-0.3, -0.25) is 4.79 Å². The van der Waals surface area contributed by atoms with Crippen molar-refractivity contribution in [3.63, 3.8) is 0 Å². The minimum absolute atomic E-state index is 0.0457. The highest BCUT2D eigenvalue weighted by Gasteiger charge is 2.52. The van der Waals surface area contributed by atoms with E-state index in [-0.39, 0.29) is 17.9 Å². The summed E-state index contributed by atoms with van der Waals surface area (Å²) in [5.41, 5.74) is 0. The molecule has 0 radical (unpaired) electrons. The molecule has 3 aliphatic rings. The van der Waals surface area contributed by atoms with E-state index < -0.39 is 28.1 Å². The Morgan fingerprint density at radius 3 is 2.33 bits per heavy atom. The Bertz CT molecular complexity index is 460. The van der Waals surface area contributed by atoms with Crippen molar-refractivity contribution in [2.45, 2.75) is 44.2 Å². The van der Waals surface area contributed by atoms with E-state index in [9.17, 15) is 18.3 Å². The molecule has 4 unspecified atom stereocenters. The van der Waals surface area contributed by atoms with Crippen LogP contribution in [0, 0.1) is 17.8 Å². The fourth-order valence-electron chi connectivity index (χ4n) is 3.45. The van der Waals surface area contributed by atoms with E-state index in [1.807, 2.05) is 0 Å². The van der Waals surface area contributed by atoms with Gasteiger partial charge in [-0.05, 0) is 43.9 Å². The predicted octanol–water partition coefficient (Wildman–Crippen LogP) is 0.0721. The Balaban J connectivity index is 1.72. The summed E-state index contributed by atoms with van der Waals surface area (Å²) in [6, 6.07) is -0.387. The second-order valence-electron chi connectivity index (χ2n) is 5.74. The van der Waals surface area contributed by atoms with Crippen molar-refractivity contribution in [1.82, 2.24) is 9.44 Å². The SMILES string of the molecule is O=C(O)C1C2CCC(C2)C1NS(=O)(=O)NC1CC1. The van der Waals surface area contributed by atoms with E-state index in [1.54, 1.807) is 0 Å². The van der Waals surface area contributed by atoms with Crippen LogP contribution in [0.1, 0.15) is 32.1 Å². The Labute approximate surface area is 106 Å². The monoisotopic (exact) mass is 274 g/mol. The highest BCUT2D eigenvalue weighted by Crippen LogP contribution is 2.48. The molecule has 0 aromatic carbocycles. The van der Waals surface area contributed by atoms with Gasteiger partial charge < -0.3 is 5.11 Å². The lowest BCUT2D eigenvalue weighted by Gasteiger charge is -2.28. The molecule has 3 N–H and O–H groups in total. The first-order valence-electron chi connectivity index (χ1n) is 6.48. The minimum Gasteiger partial charge on any atom is -0.481 e. The fourth-order valence-corrected chi connectivity index (χ4v) is 4.89. The molecule has 0 amide bonds. The first-order valence-corrected chi connectivity index (χ1v) is 7.97. The summed E-state index contributed by atoms with van der Waals surface area (Å²) >= 11 is 0. The molecule has 18 heavy (non-hydrogen) atoms. The lowest BCUT2D eigenvalue weighted by Crippen LogP contribution is -2.50. The van der Waals surface area contributed by atoms with E-state index in [1.165, 1.54) is 0 Å². The lowest BCUT2D eigenvalue weighted by molar-refractivity contribution is -0.144. The largest absolute Gasteiger partial charge is 0.481 e. The first kappa shape index (κ1) is 12.4. The lowest BCUT2D eigenvalue weighted by atomic mass is 9.85. The molecule has 0 aliphatic heterocycles. The molecule has 0 heterocycles. The fraction of sp³-hybridized carbons (Fsp3) is 0.909. The molecule has 4 atom stereocenters. The molecule has 0 spiro atoms. The molecule has 3 aliphatic carbocycles. The maximum absolute atomic E-state index is 11.9. The smallest absolute Gasteiger partial charge is 0.308 e. The van der Waals surface area contributed by atoms with Crippen LogP contribution in [0.15, 0.2) is 0 Å². The highest BCUT2D eigenvalue weighted by molar-refractivity contribution is 7.87. The summed E-state index contributed by atoms with van der Waals surface area (Å²) in [7, 11) is -3.55. The minimum atomic E-state index is -3.55. The standard InChI is InChI=1S/C11H18N2O4S/c14-11(15)9-6-1-2-7(5-6)10(9)13-18(16,17)12-8-3-4-8/h6-10,12-13H,1-5H2,(H,14,15). The van der Waals surface area contributed by atoms with Gasteiger partial charge in [-0.2, -0.15) is 17.9 Å². The second-order valence-corrected chi connectivity index (χ2v) is 7.21. The van der Waals surface area contributed by atoms with Crippen molar-refractivity contribution in [2.75, 3.05) is 0 Å². The summed E-state index contributed by atoms with van der Waals surface area (Å²) in [6.45, 7) is 0.